The molecule has 0 aliphatic carbocycles. The number of nitrogens with zero attached hydrogens (tertiary/aromatic N) is 3. The van der Waals surface area contributed by atoms with E-state index in [0.717, 1.165) is 31.0 Å². The first-order valence-corrected chi connectivity index (χ1v) is 8.71. The van der Waals surface area contributed by atoms with Gasteiger partial charge >= 0.3 is 0 Å². The van der Waals surface area contributed by atoms with Gasteiger partial charge in [0.05, 0.1) is 5.69 Å². The van der Waals surface area contributed by atoms with Gasteiger partial charge in [0.1, 0.15) is 11.6 Å². The topological polar surface area (TPSA) is 102 Å². The van der Waals surface area contributed by atoms with Crippen molar-refractivity contribution >= 4 is 23.2 Å². The van der Waals surface area contributed by atoms with E-state index in [9.17, 15) is 14.9 Å². The number of benzene rings is 1. The molecule has 7 nitrogen and oxygen atoms in total. The summed E-state index contributed by atoms with van der Waals surface area (Å²) in [6.45, 7) is 9.05. The second-order valence-corrected chi connectivity index (χ2v) is 5.76. The van der Waals surface area contributed by atoms with Crippen LogP contribution < -0.4 is 16.0 Å². The van der Waals surface area contributed by atoms with Gasteiger partial charge in [-0.2, -0.15) is 5.26 Å². The Kier molecular flexibility index (Phi) is 8.88. The number of carbonyl (C=O) groups excluding carboxylic acids is 2. The molecular weight excluding hydrogens is 330 g/mol. The van der Waals surface area contributed by atoms with Crippen LogP contribution in [0.25, 0.3) is 0 Å². The van der Waals surface area contributed by atoms with E-state index >= 15 is 0 Å². The number of hydrogen-bond acceptors (Lipinski definition) is 6. The van der Waals surface area contributed by atoms with Gasteiger partial charge in [-0.25, -0.2) is 4.90 Å². The van der Waals surface area contributed by atoms with Gasteiger partial charge in [-0.05, 0) is 50.3 Å². The van der Waals surface area contributed by atoms with Crippen molar-refractivity contribution in [1.29, 1.82) is 5.26 Å². The summed E-state index contributed by atoms with van der Waals surface area (Å²) in [6, 6.07) is 8.20. The SMILES string of the molecule is CCN(CC)CCCN/C=C(/C#N)C(=O)N(C(C)=O)c1ccc(N)cc1. The predicted octanol–water partition coefficient (Wildman–Crippen LogP) is 1.88. The molecule has 0 saturated carbocycles. The molecule has 1 aromatic carbocycles. The van der Waals surface area contributed by atoms with Crippen LogP contribution in [0.2, 0.25) is 0 Å². The summed E-state index contributed by atoms with van der Waals surface area (Å²) in [5.41, 5.74) is 6.41. The molecular formula is C19H27N5O2. The summed E-state index contributed by atoms with van der Waals surface area (Å²) in [4.78, 5) is 27.8. The van der Waals surface area contributed by atoms with Gasteiger partial charge in [0.2, 0.25) is 5.91 Å². The highest BCUT2D eigenvalue weighted by Gasteiger charge is 2.23. The van der Waals surface area contributed by atoms with E-state index in [1.165, 1.54) is 13.1 Å². The van der Waals surface area contributed by atoms with Crippen LogP contribution in [-0.2, 0) is 9.59 Å². The number of anilines is 2. The van der Waals surface area contributed by atoms with Gasteiger partial charge in [-0.15, -0.1) is 0 Å². The third-order valence-electron chi connectivity index (χ3n) is 3.96. The summed E-state index contributed by atoms with van der Waals surface area (Å²) < 4.78 is 0. The van der Waals surface area contributed by atoms with Crippen molar-refractivity contribution in [2.75, 3.05) is 36.8 Å². The average Bonchev–Trinajstić information content (AvgIpc) is 2.62. The minimum Gasteiger partial charge on any atom is -0.399 e. The maximum Gasteiger partial charge on any atom is 0.277 e. The van der Waals surface area contributed by atoms with Crippen molar-refractivity contribution in [3.63, 3.8) is 0 Å². The van der Waals surface area contributed by atoms with Crippen molar-refractivity contribution in [3.05, 3.63) is 36.0 Å². The highest BCUT2D eigenvalue weighted by atomic mass is 16.2. The van der Waals surface area contributed by atoms with Gasteiger partial charge in [0.25, 0.3) is 5.91 Å². The molecule has 0 aliphatic heterocycles. The largest absolute Gasteiger partial charge is 0.399 e. The number of hydrogen-bond donors (Lipinski definition) is 2. The van der Waals surface area contributed by atoms with Gasteiger partial charge in [-0.1, -0.05) is 13.8 Å². The number of amides is 2. The minimum absolute atomic E-state index is 0.125. The van der Waals surface area contributed by atoms with Crippen LogP contribution in [0.1, 0.15) is 27.2 Å². The van der Waals surface area contributed by atoms with E-state index in [1.807, 2.05) is 6.07 Å². The molecule has 1 aromatic rings. The molecule has 0 fully saturated rings. The highest BCUT2D eigenvalue weighted by molar-refractivity contribution is 6.21. The summed E-state index contributed by atoms with van der Waals surface area (Å²) in [5.74, 6) is -1.14. The van der Waals surface area contributed by atoms with E-state index < -0.39 is 11.8 Å². The van der Waals surface area contributed by atoms with Crippen LogP contribution in [0.5, 0.6) is 0 Å². The lowest BCUT2D eigenvalue weighted by Crippen LogP contribution is -2.36. The quantitative estimate of drug-likeness (QED) is 0.303. The Morgan fingerprint density at radius 1 is 1.23 bits per heavy atom. The molecule has 0 aliphatic rings. The zero-order valence-corrected chi connectivity index (χ0v) is 15.7. The first kappa shape index (κ1) is 21.2. The molecule has 26 heavy (non-hydrogen) atoms. The number of nitrogens with two attached hydrogens (primary N) is 1. The standard InChI is InChI=1S/C19H27N5O2/c1-4-23(5-2)12-6-11-22-14-16(13-20)19(26)24(15(3)25)18-9-7-17(21)8-10-18/h7-10,14,22H,4-6,11-12,21H2,1-3H3/b16-14-. The fourth-order valence-corrected chi connectivity index (χ4v) is 2.45. The van der Waals surface area contributed by atoms with E-state index in [0.29, 0.717) is 17.9 Å². The average molecular weight is 357 g/mol. The van der Waals surface area contributed by atoms with Gasteiger partial charge in [0, 0.05) is 25.4 Å². The van der Waals surface area contributed by atoms with E-state index in [4.69, 9.17) is 5.73 Å². The second-order valence-electron chi connectivity index (χ2n) is 5.76. The lowest BCUT2D eigenvalue weighted by atomic mass is 10.2. The number of imide groups is 1. The Bertz CT molecular complexity index is 672. The number of rotatable bonds is 9. The van der Waals surface area contributed by atoms with Crippen LogP contribution in [0.3, 0.4) is 0 Å². The van der Waals surface area contributed by atoms with Crippen molar-refractivity contribution < 1.29 is 9.59 Å². The molecule has 0 heterocycles. The third-order valence-corrected chi connectivity index (χ3v) is 3.96. The molecule has 1 rings (SSSR count). The van der Waals surface area contributed by atoms with E-state index in [1.54, 1.807) is 24.3 Å². The summed E-state index contributed by atoms with van der Waals surface area (Å²) in [7, 11) is 0. The Balaban J connectivity index is 2.77. The zero-order chi connectivity index (χ0) is 19.5. The van der Waals surface area contributed by atoms with Crippen molar-refractivity contribution in [1.82, 2.24) is 10.2 Å². The molecule has 0 aromatic heterocycles. The number of nitriles is 1. The maximum atomic E-state index is 12.6. The van der Waals surface area contributed by atoms with Crippen molar-refractivity contribution in [3.8, 4) is 6.07 Å². The van der Waals surface area contributed by atoms with Crippen LogP contribution in [0.4, 0.5) is 11.4 Å². The Morgan fingerprint density at radius 2 is 1.85 bits per heavy atom. The lowest BCUT2D eigenvalue weighted by Gasteiger charge is -2.19. The fourth-order valence-electron chi connectivity index (χ4n) is 2.45. The summed E-state index contributed by atoms with van der Waals surface area (Å²) in [5, 5.41) is 12.3. The number of nitrogens with one attached hydrogen (secondary N) is 1. The smallest absolute Gasteiger partial charge is 0.277 e. The minimum atomic E-state index is -0.666. The second kappa shape index (κ2) is 10.9. The lowest BCUT2D eigenvalue weighted by molar-refractivity contribution is -0.123. The Morgan fingerprint density at radius 3 is 2.35 bits per heavy atom. The Labute approximate surface area is 155 Å². The van der Waals surface area contributed by atoms with E-state index in [2.05, 4.69) is 24.1 Å². The maximum absolute atomic E-state index is 12.6. The molecule has 7 heteroatoms. The zero-order valence-electron chi connectivity index (χ0n) is 15.7. The van der Waals surface area contributed by atoms with Crippen LogP contribution in [0.15, 0.2) is 36.0 Å². The normalized spacial score (nSPS) is 11.1. The number of carbonyl (C=O) groups is 2. The van der Waals surface area contributed by atoms with Crippen molar-refractivity contribution in [2.45, 2.75) is 27.2 Å². The summed E-state index contributed by atoms with van der Waals surface area (Å²) in [6.07, 6.45) is 2.26. The Hall–Kier alpha value is -2.85. The first-order valence-electron chi connectivity index (χ1n) is 8.71. The number of nitrogen functional groups attached to an aromatic ring is 1. The van der Waals surface area contributed by atoms with Crippen LogP contribution in [0, 0.1) is 11.3 Å². The van der Waals surface area contributed by atoms with Gasteiger partial charge in [0.15, 0.2) is 0 Å². The first-order chi connectivity index (χ1) is 12.4. The van der Waals surface area contributed by atoms with Crippen LogP contribution in [-0.4, -0.2) is 42.9 Å². The highest BCUT2D eigenvalue weighted by Crippen LogP contribution is 2.18. The molecule has 0 atom stereocenters. The molecule has 0 saturated heterocycles. The molecule has 0 unspecified atom stereocenters. The molecule has 3 N–H and O–H groups in total. The van der Waals surface area contributed by atoms with Crippen LogP contribution >= 0.6 is 0 Å². The molecule has 2 amide bonds. The fraction of sp³-hybridized carbons (Fsp3) is 0.421. The molecule has 0 bridgehead atoms. The van der Waals surface area contributed by atoms with E-state index in [-0.39, 0.29) is 5.57 Å². The van der Waals surface area contributed by atoms with Gasteiger partial charge in [-0.3, -0.25) is 9.59 Å². The third kappa shape index (κ3) is 6.22. The predicted molar refractivity (Wildman–Crippen MR) is 103 cm³/mol. The summed E-state index contributed by atoms with van der Waals surface area (Å²) >= 11 is 0. The van der Waals surface area contributed by atoms with Gasteiger partial charge < -0.3 is 16.0 Å². The molecule has 0 radical (unpaired) electrons. The molecule has 140 valence electrons. The monoisotopic (exact) mass is 357 g/mol. The molecule has 0 spiro atoms. The van der Waals surface area contributed by atoms with Crippen molar-refractivity contribution in [2.24, 2.45) is 0 Å².